The van der Waals surface area contributed by atoms with E-state index in [0.29, 0.717) is 18.0 Å². The molecule has 1 amide bonds. The number of hydrogen-bond donors (Lipinski definition) is 1. The number of rotatable bonds is 7. The molecule has 134 valence electrons. The van der Waals surface area contributed by atoms with E-state index in [1.165, 1.54) is 16.9 Å². The number of nitrogens with one attached hydrogen (secondary N) is 1. The van der Waals surface area contributed by atoms with E-state index in [-0.39, 0.29) is 24.1 Å². The molecule has 0 saturated heterocycles. The van der Waals surface area contributed by atoms with E-state index in [4.69, 9.17) is 16.1 Å². The van der Waals surface area contributed by atoms with Crippen LogP contribution in [0.25, 0.3) is 0 Å². The van der Waals surface area contributed by atoms with E-state index in [9.17, 15) is 14.9 Å². The minimum Gasteiger partial charge on any atom is -0.358 e. The fourth-order valence-electron chi connectivity index (χ4n) is 2.14. The molecule has 0 aliphatic heterocycles. The maximum Gasteiger partial charge on any atom is 0.389 e. The standard InChI is InChI=1S/C15H13ClN6O4/c16-11-3-1-10(2-4-11)5-7-17-14(23)15-18-12(20-26-15)9-21-8-6-13(19-21)22(24)25/h1-4,6,8H,5,7,9H2,(H,17,23). The van der Waals surface area contributed by atoms with Gasteiger partial charge in [0, 0.05) is 11.6 Å². The molecule has 0 unspecified atom stereocenters. The van der Waals surface area contributed by atoms with Crippen molar-refractivity contribution < 1.29 is 14.2 Å². The molecule has 3 rings (SSSR count). The van der Waals surface area contributed by atoms with Gasteiger partial charge in [0.1, 0.15) is 6.54 Å². The van der Waals surface area contributed by atoms with Crippen molar-refractivity contribution in [2.75, 3.05) is 6.54 Å². The summed E-state index contributed by atoms with van der Waals surface area (Å²) in [6, 6.07) is 8.57. The molecule has 11 heteroatoms. The fourth-order valence-corrected chi connectivity index (χ4v) is 2.26. The Kier molecular flexibility index (Phi) is 5.23. The van der Waals surface area contributed by atoms with Gasteiger partial charge in [-0.2, -0.15) is 9.67 Å². The summed E-state index contributed by atoms with van der Waals surface area (Å²) in [5.41, 5.74) is 1.03. The quantitative estimate of drug-likeness (QED) is 0.492. The second kappa shape index (κ2) is 7.74. The van der Waals surface area contributed by atoms with Gasteiger partial charge in [0.25, 0.3) is 0 Å². The molecule has 26 heavy (non-hydrogen) atoms. The summed E-state index contributed by atoms with van der Waals surface area (Å²) in [4.78, 5) is 26.0. The number of carbonyl (C=O) groups is 1. The molecule has 0 spiro atoms. The molecular formula is C15H13ClN6O4. The maximum atomic E-state index is 12.0. The molecule has 0 fully saturated rings. The number of carbonyl (C=O) groups excluding carboxylic acids is 1. The first-order valence-corrected chi connectivity index (χ1v) is 7.92. The van der Waals surface area contributed by atoms with Crippen LogP contribution in [0.3, 0.4) is 0 Å². The van der Waals surface area contributed by atoms with E-state index in [0.717, 1.165) is 5.56 Å². The Morgan fingerprint density at radius 3 is 2.77 bits per heavy atom. The second-order valence-electron chi connectivity index (χ2n) is 5.28. The molecule has 0 bridgehead atoms. The zero-order chi connectivity index (χ0) is 18.5. The molecule has 1 N–H and O–H groups in total. The predicted octanol–water partition coefficient (Wildman–Crippen LogP) is 1.85. The van der Waals surface area contributed by atoms with Crippen LogP contribution in [0, 0.1) is 10.1 Å². The van der Waals surface area contributed by atoms with Gasteiger partial charge in [-0.15, -0.1) is 0 Å². The normalized spacial score (nSPS) is 10.7. The molecule has 0 aliphatic rings. The van der Waals surface area contributed by atoms with E-state index in [1.54, 1.807) is 12.1 Å². The summed E-state index contributed by atoms with van der Waals surface area (Å²) in [5, 5.41) is 21.3. The van der Waals surface area contributed by atoms with Gasteiger partial charge in [0.05, 0.1) is 17.4 Å². The molecule has 10 nitrogen and oxygen atoms in total. The highest BCUT2D eigenvalue weighted by Crippen LogP contribution is 2.10. The van der Waals surface area contributed by atoms with Crippen molar-refractivity contribution in [3.05, 3.63) is 68.9 Å². The summed E-state index contributed by atoms with van der Waals surface area (Å²) >= 11 is 5.82. The minimum absolute atomic E-state index is 0.0510. The van der Waals surface area contributed by atoms with Crippen molar-refractivity contribution >= 4 is 23.3 Å². The van der Waals surface area contributed by atoms with E-state index in [1.807, 2.05) is 12.1 Å². The topological polar surface area (TPSA) is 129 Å². The SMILES string of the molecule is O=C(NCCc1ccc(Cl)cc1)c1nc(Cn2ccc([N+](=O)[O-])n2)no1. The zero-order valence-electron chi connectivity index (χ0n) is 13.3. The van der Waals surface area contributed by atoms with Gasteiger partial charge < -0.3 is 20.0 Å². The molecule has 0 radical (unpaired) electrons. The Balaban J connectivity index is 1.52. The summed E-state index contributed by atoms with van der Waals surface area (Å²) in [6.45, 7) is 0.443. The highest BCUT2D eigenvalue weighted by atomic mass is 35.5. The number of halogens is 1. The first-order chi connectivity index (χ1) is 12.5. The molecule has 0 atom stereocenters. The van der Waals surface area contributed by atoms with E-state index >= 15 is 0 Å². The summed E-state index contributed by atoms with van der Waals surface area (Å²) in [6.07, 6.45) is 2.04. The average Bonchev–Trinajstić information content (AvgIpc) is 3.27. The lowest BCUT2D eigenvalue weighted by Gasteiger charge is -2.02. The average molecular weight is 377 g/mol. The van der Waals surface area contributed by atoms with Gasteiger partial charge in [0.15, 0.2) is 5.82 Å². The highest BCUT2D eigenvalue weighted by molar-refractivity contribution is 6.30. The van der Waals surface area contributed by atoms with Crippen LogP contribution in [0.15, 0.2) is 41.1 Å². The summed E-state index contributed by atoms with van der Waals surface area (Å²) < 4.78 is 6.19. The molecular weight excluding hydrogens is 364 g/mol. The molecule has 2 aromatic heterocycles. The monoisotopic (exact) mass is 376 g/mol. The van der Waals surface area contributed by atoms with Crippen LogP contribution in [-0.2, 0) is 13.0 Å². The lowest BCUT2D eigenvalue weighted by Crippen LogP contribution is -2.26. The Hall–Kier alpha value is -3.27. The maximum absolute atomic E-state index is 12.0. The summed E-state index contributed by atoms with van der Waals surface area (Å²) in [7, 11) is 0. The lowest BCUT2D eigenvalue weighted by atomic mass is 10.1. The van der Waals surface area contributed by atoms with Crippen molar-refractivity contribution in [2.45, 2.75) is 13.0 Å². The Morgan fingerprint density at radius 2 is 2.08 bits per heavy atom. The van der Waals surface area contributed by atoms with Crippen LogP contribution in [0.1, 0.15) is 22.1 Å². The fraction of sp³-hybridized carbons (Fsp3) is 0.200. The third-order valence-electron chi connectivity index (χ3n) is 3.39. The number of hydrogen-bond acceptors (Lipinski definition) is 7. The van der Waals surface area contributed by atoms with Gasteiger partial charge in [-0.05, 0) is 29.0 Å². The van der Waals surface area contributed by atoms with Crippen molar-refractivity contribution in [3.63, 3.8) is 0 Å². The molecule has 0 aliphatic carbocycles. The van der Waals surface area contributed by atoms with Gasteiger partial charge >= 0.3 is 17.6 Å². The highest BCUT2D eigenvalue weighted by Gasteiger charge is 2.17. The summed E-state index contributed by atoms with van der Waals surface area (Å²) in [5.74, 6) is -0.776. The third-order valence-corrected chi connectivity index (χ3v) is 3.64. The van der Waals surface area contributed by atoms with Crippen LogP contribution < -0.4 is 5.32 Å². The first-order valence-electron chi connectivity index (χ1n) is 7.54. The number of nitrogens with zero attached hydrogens (tertiary/aromatic N) is 5. The number of aromatic nitrogens is 4. The van der Waals surface area contributed by atoms with Crippen LogP contribution in [0.5, 0.6) is 0 Å². The van der Waals surface area contributed by atoms with Crippen molar-refractivity contribution in [1.29, 1.82) is 0 Å². The van der Waals surface area contributed by atoms with Gasteiger partial charge in [0.2, 0.25) is 0 Å². The molecule has 2 heterocycles. The first kappa shape index (κ1) is 17.5. The van der Waals surface area contributed by atoms with Crippen molar-refractivity contribution in [3.8, 4) is 0 Å². The van der Waals surface area contributed by atoms with Gasteiger partial charge in [-0.25, -0.2) is 0 Å². The number of amides is 1. The number of nitro groups is 1. The van der Waals surface area contributed by atoms with Crippen LogP contribution in [-0.4, -0.2) is 37.3 Å². The predicted molar refractivity (Wildman–Crippen MR) is 89.8 cm³/mol. The third kappa shape index (κ3) is 4.42. The smallest absolute Gasteiger partial charge is 0.358 e. The largest absolute Gasteiger partial charge is 0.389 e. The molecule has 0 saturated carbocycles. The molecule has 3 aromatic rings. The van der Waals surface area contributed by atoms with Crippen LogP contribution in [0.4, 0.5) is 5.82 Å². The van der Waals surface area contributed by atoms with Crippen molar-refractivity contribution in [1.82, 2.24) is 25.2 Å². The van der Waals surface area contributed by atoms with Crippen molar-refractivity contribution in [2.24, 2.45) is 0 Å². The minimum atomic E-state index is -0.605. The van der Waals surface area contributed by atoms with Crippen LogP contribution in [0.2, 0.25) is 5.02 Å². The Bertz CT molecular complexity index is 920. The van der Waals surface area contributed by atoms with E-state index in [2.05, 4.69) is 20.6 Å². The van der Waals surface area contributed by atoms with E-state index < -0.39 is 10.8 Å². The van der Waals surface area contributed by atoms with Gasteiger partial charge in [-0.3, -0.25) is 4.79 Å². The van der Waals surface area contributed by atoms with Crippen LogP contribution >= 0.6 is 11.6 Å². The Morgan fingerprint density at radius 1 is 1.31 bits per heavy atom. The zero-order valence-corrected chi connectivity index (χ0v) is 14.1. The lowest BCUT2D eigenvalue weighted by molar-refractivity contribution is -0.389. The second-order valence-corrected chi connectivity index (χ2v) is 5.71. The Labute approximate surface area is 151 Å². The number of benzene rings is 1. The molecule has 1 aromatic carbocycles. The van der Waals surface area contributed by atoms with Gasteiger partial charge in [-0.1, -0.05) is 28.9 Å².